The number of carbonyl (C=O) groups excluding carboxylic acids is 1. The quantitative estimate of drug-likeness (QED) is 0.877. The van der Waals surface area contributed by atoms with Gasteiger partial charge in [-0.3, -0.25) is 0 Å². The molecule has 5 nitrogen and oxygen atoms in total. The van der Waals surface area contributed by atoms with Gasteiger partial charge in [0.05, 0.1) is 22.5 Å². The highest BCUT2D eigenvalue weighted by molar-refractivity contribution is 5.77. The summed E-state index contributed by atoms with van der Waals surface area (Å²) in [5, 5.41) is 11.6. The summed E-state index contributed by atoms with van der Waals surface area (Å²) in [6, 6.07) is 5.53. The van der Waals surface area contributed by atoms with E-state index in [1.165, 1.54) is 18.2 Å². The Morgan fingerprint density at radius 1 is 1.15 bits per heavy atom. The molecule has 1 aromatic carbocycles. The van der Waals surface area contributed by atoms with Crippen LogP contribution in [0.15, 0.2) is 24.3 Å². The maximum Gasteiger partial charge on any atom is 0.318 e. The molecule has 0 unspecified atom stereocenters. The van der Waals surface area contributed by atoms with Gasteiger partial charge in [0.25, 0.3) is 0 Å². The second-order valence-corrected chi connectivity index (χ2v) is 7.67. The van der Waals surface area contributed by atoms with Gasteiger partial charge in [0.1, 0.15) is 11.6 Å². The van der Waals surface area contributed by atoms with E-state index in [1.807, 2.05) is 4.90 Å². The number of hydrogen-bond acceptors (Lipinski definition) is 3. The molecule has 3 aliphatic carbocycles. The fourth-order valence-corrected chi connectivity index (χ4v) is 5.09. The Morgan fingerprint density at radius 2 is 1.96 bits per heavy atom. The third-order valence-corrected chi connectivity index (χ3v) is 6.35. The van der Waals surface area contributed by atoms with E-state index in [-0.39, 0.29) is 17.3 Å². The summed E-state index contributed by atoms with van der Waals surface area (Å²) in [5.74, 6) is -0.987. The van der Waals surface area contributed by atoms with Crippen molar-refractivity contribution in [1.29, 1.82) is 0 Å². The molecule has 1 N–H and O–H groups in total. The van der Waals surface area contributed by atoms with Gasteiger partial charge in [-0.1, -0.05) is 12.5 Å². The SMILES string of the molecule is O=C1NCCN1[C@@]12CCC[C@@H](CC1)c1cc(-c3c(F)cccc3F)nnc12. The van der Waals surface area contributed by atoms with Crippen LogP contribution in [0.2, 0.25) is 0 Å². The van der Waals surface area contributed by atoms with Gasteiger partial charge in [0.15, 0.2) is 0 Å². The van der Waals surface area contributed by atoms with Crippen molar-refractivity contribution in [3.8, 4) is 11.3 Å². The molecule has 2 heterocycles. The highest BCUT2D eigenvalue weighted by atomic mass is 19.1. The lowest BCUT2D eigenvalue weighted by atomic mass is 9.75. The molecule has 2 fully saturated rings. The summed E-state index contributed by atoms with van der Waals surface area (Å²) in [7, 11) is 0. The Bertz CT molecular complexity index is 910. The first-order chi connectivity index (χ1) is 13.1. The van der Waals surface area contributed by atoms with E-state index in [9.17, 15) is 13.6 Å². The van der Waals surface area contributed by atoms with Gasteiger partial charge >= 0.3 is 6.03 Å². The van der Waals surface area contributed by atoms with Crippen LogP contribution in [-0.4, -0.2) is 34.2 Å². The summed E-state index contributed by atoms with van der Waals surface area (Å²) in [5.41, 5.74) is 1.43. The Morgan fingerprint density at radius 3 is 2.70 bits per heavy atom. The van der Waals surface area contributed by atoms with Gasteiger partial charge in [-0.2, -0.15) is 5.10 Å². The van der Waals surface area contributed by atoms with Crippen molar-refractivity contribution in [2.75, 3.05) is 13.1 Å². The second-order valence-electron chi connectivity index (χ2n) is 7.67. The summed E-state index contributed by atoms with van der Waals surface area (Å²) in [6.45, 7) is 1.28. The van der Waals surface area contributed by atoms with Crippen LogP contribution in [0.3, 0.4) is 0 Å². The van der Waals surface area contributed by atoms with Gasteiger partial charge in [-0.05, 0) is 55.4 Å². The molecule has 4 aliphatic rings. The predicted octanol–water partition coefficient (Wildman–Crippen LogP) is 3.70. The number of hydrogen-bond donors (Lipinski definition) is 1. The molecular formula is C20H20F2N4O. The standard InChI is InChI=1S/C20H20F2N4O/c21-14-4-1-5-15(22)17(14)16-11-13-12-3-2-7-20(8-6-12,18(13)25-24-16)26-10-9-23-19(26)27/h1,4-5,11-12H,2-3,6-10H2,(H,23,27)/t12-,20-/m0/s1. The number of halogens is 2. The molecule has 1 saturated carbocycles. The number of urea groups is 1. The first kappa shape index (κ1) is 16.6. The number of amides is 2. The highest BCUT2D eigenvalue weighted by Gasteiger charge is 2.50. The number of rotatable bonds is 2. The number of carbonyl (C=O) groups is 1. The first-order valence-corrected chi connectivity index (χ1v) is 9.48. The van der Waals surface area contributed by atoms with Crippen molar-refractivity contribution in [3.63, 3.8) is 0 Å². The summed E-state index contributed by atoms with van der Waals surface area (Å²) >= 11 is 0. The molecule has 2 atom stereocenters. The molecule has 27 heavy (non-hydrogen) atoms. The molecule has 6 rings (SSSR count). The molecule has 7 heteroatoms. The Kier molecular flexibility index (Phi) is 3.67. The molecule has 2 amide bonds. The molecule has 1 aliphatic heterocycles. The largest absolute Gasteiger partial charge is 0.336 e. The van der Waals surface area contributed by atoms with Crippen LogP contribution >= 0.6 is 0 Å². The summed E-state index contributed by atoms with van der Waals surface area (Å²) in [4.78, 5) is 14.3. The molecule has 140 valence electrons. The van der Waals surface area contributed by atoms with E-state index in [2.05, 4.69) is 15.5 Å². The van der Waals surface area contributed by atoms with E-state index in [4.69, 9.17) is 0 Å². The minimum Gasteiger partial charge on any atom is -0.336 e. The lowest BCUT2D eigenvalue weighted by Gasteiger charge is -2.43. The normalized spacial score (nSPS) is 26.7. The summed E-state index contributed by atoms with van der Waals surface area (Å²) < 4.78 is 28.5. The maximum atomic E-state index is 14.2. The number of fused-ring (bicyclic) bond motifs is 3. The second kappa shape index (κ2) is 5.97. The third-order valence-electron chi connectivity index (χ3n) is 6.35. The van der Waals surface area contributed by atoms with Gasteiger partial charge < -0.3 is 10.2 Å². The zero-order valence-corrected chi connectivity index (χ0v) is 14.8. The molecule has 0 radical (unpaired) electrons. The average molecular weight is 370 g/mol. The van der Waals surface area contributed by atoms with E-state index in [0.717, 1.165) is 43.4 Å². The Labute approximate surface area is 155 Å². The lowest BCUT2D eigenvalue weighted by molar-refractivity contribution is 0.107. The monoisotopic (exact) mass is 370 g/mol. The molecule has 1 saturated heterocycles. The molecular weight excluding hydrogens is 350 g/mol. The van der Waals surface area contributed by atoms with Crippen LogP contribution in [0.1, 0.15) is 49.3 Å². The third kappa shape index (κ3) is 2.37. The summed E-state index contributed by atoms with van der Waals surface area (Å²) in [6.07, 6.45) is 4.65. The molecule has 0 spiro atoms. The van der Waals surface area contributed by atoms with Gasteiger partial charge in [0, 0.05) is 13.1 Å². The van der Waals surface area contributed by atoms with Crippen LogP contribution < -0.4 is 5.32 Å². The van der Waals surface area contributed by atoms with E-state index in [1.54, 1.807) is 6.07 Å². The fraction of sp³-hybridized carbons (Fsp3) is 0.450. The Balaban J connectivity index is 1.67. The number of nitrogens with zero attached hydrogens (tertiary/aromatic N) is 3. The highest BCUT2D eigenvalue weighted by Crippen LogP contribution is 2.52. The van der Waals surface area contributed by atoms with Crippen molar-refractivity contribution in [3.05, 3.63) is 47.2 Å². The smallest absolute Gasteiger partial charge is 0.318 e. The minimum atomic E-state index is -0.642. The lowest BCUT2D eigenvalue weighted by Crippen LogP contribution is -2.50. The molecule has 2 bridgehead atoms. The maximum absolute atomic E-state index is 14.2. The average Bonchev–Trinajstić information content (AvgIpc) is 2.90. The minimum absolute atomic E-state index is 0.0627. The van der Waals surface area contributed by atoms with Crippen LogP contribution in [0, 0.1) is 11.6 Å². The Hall–Kier alpha value is -2.57. The zero-order valence-electron chi connectivity index (χ0n) is 14.8. The van der Waals surface area contributed by atoms with E-state index >= 15 is 0 Å². The van der Waals surface area contributed by atoms with Crippen molar-refractivity contribution >= 4 is 6.03 Å². The predicted molar refractivity (Wildman–Crippen MR) is 95.0 cm³/mol. The zero-order chi connectivity index (χ0) is 18.6. The first-order valence-electron chi connectivity index (χ1n) is 9.48. The van der Waals surface area contributed by atoms with Gasteiger partial charge in [-0.15, -0.1) is 5.10 Å². The van der Waals surface area contributed by atoms with Gasteiger partial charge in [-0.25, -0.2) is 13.6 Å². The van der Waals surface area contributed by atoms with Crippen molar-refractivity contribution in [2.45, 2.75) is 43.6 Å². The number of nitrogens with one attached hydrogen (secondary N) is 1. The van der Waals surface area contributed by atoms with Crippen LogP contribution in [0.4, 0.5) is 13.6 Å². The van der Waals surface area contributed by atoms with Crippen molar-refractivity contribution < 1.29 is 13.6 Å². The van der Waals surface area contributed by atoms with Gasteiger partial charge in [0.2, 0.25) is 0 Å². The van der Waals surface area contributed by atoms with Crippen LogP contribution in [0.25, 0.3) is 11.3 Å². The molecule has 2 aromatic rings. The van der Waals surface area contributed by atoms with Crippen LogP contribution in [-0.2, 0) is 5.54 Å². The van der Waals surface area contributed by atoms with Crippen LogP contribution in [0.5, 0.6) is 0 Å². The topological polar surface area (TPSA) is 58.1 Å². The van der Waals surface area contributed by atoms with Crippen molar-refractivity contribution in [1.82, 2.24) is 20.4 Å². The van der Waals surface area contributed by atoms with E-state index < -0.39 is 17.2 Å². The number of benzene rings is 1. The number of aromatic nitrogens is 2. The molecule has 1 aromatic heterocycles. The van der Waals surface area contributed by atoms with Crippen molar-refractivity contribution in [2.24, 2.45) is 0 Å². The van der Waals surface area contributed by atoms with E-state index in [0.29, 0.717) is 19.0 Å². The fourth-order valence-electron chi connectivity index (χ4n) is 5.09.